The number of para-hydroxylation sites is 2. The molecule has 0 aliphatic carbocycles. The number of allylic oxidation sites excluding steroid dienone is 1. The van der Waals surface area contributed by atoms with E-state index in [-0.39, 0.29) is 0 Å². The maximum Gasteiger partial charge on any atom is 0.0541 e. The number of benzene rings is 4. The summed E-state index contributed by atoms with van der Waals surface area (Å²) in [5.74, 6) is 0.431. The van der Waals surface area contributed by atoms with Crippen molar-refractivity contribution < 1.29 is 0 Å². The van der Waals surface area contributed by atoms with E-state index in [0.29, 0.717) is 11.2 Å². The van der Waals surface area contributed by atoms with Gasteiger partial charge in [-0.05, 0) is 59.5 Å². The molecule has 2 heteroatoms. The van der Waals surface area contributed by atoms with Gasteiger partial charge in [-0.3, -0.25) is 0 Å². The highest BCUT2D eigenvalue weighted by Gasteiger charge is 2.30. The van der Waals surface area contributed by atoms with Gasteiger partial charge in [0, 0.05) is 32.5 Å². The van der Waals surface area contributed by atoms with Gasteiger partial charge in [0.05, 0.1) is 11.0 Å². The lowest BCUT2D eigenvalue weighted by Gasteiger charge is -2.14. The Labute approximate surface area is 193 Å². The molecule has 2 atom stereocenters. The van der Waals surface area contributed by atoms with Gasteiger partial charge in [-0.1, -0.05) is 67.6 Å². The van der Waals surface area contributed by atoms with Crippen LogP contribution in [0.3, 0.4) is 0 Å². The molecule has 0 amide bonds. The fourth-order valence-corrected chi connectivity index (χ4v) is 6.55. The van der Waals surface area contributed by atoms with Gasteiger partial charge in [0.2, 0.25) is 0 Å². The van der Waals surface area contributed by atoms with Crippen LogP contribution in [0.25, 0.3) is 38.6 Å². The zero-order valence-corrected chi connectivity index (χ0v) is 19.0. The first-order valence-electron chi connectivity index (χ1n) is 11.3. The second kappa shape index (κ2) is 7.72. The average molecular weight is 432 g/mol. The van der Waals surface area contributed by atoms with Gasteiger partial charge in [-0.2, -0.15) is 0 Å². The van der Waals surface area contributed by atoms with Crippen LogP contribution in [-0.2, 0) is 0 Å². The van der Waals surface area contributed by atoms with E-state index in [4.69, 9.17) is 0 Å². The highest BCUT2D eigenvalue weighted by Crippen LogP contribution is 2.48. The smallest absolute Gasteiger partial charge is 0.0541 e. The molecule has 1 aromatic heterocycles. The predicted octanol–water partition coefficient (Wildman–Crippen LogP) is 8.60. The normalized spacial score (nSPS) is 17.7. The van der Waals surface area contributed by atoms with E-state index in [1.807, 2.05) is 11.8 Å². The van der Waals surface area contributed by atoms with Crippen LogP contribution in [0.2, 0.25) is 0 Å². The minimum atomic E-state index is 0.431. The lowest BCUT2D eigenvalue weighted by Crippen LogP contribution is -2.05. The van der Waals surface area contributed by atoms with Crippen molar-refractivity contribution in [3.63, 3.8) is 0 Å². The maximum absolute atomic E-state index is 4.13. The van der Waals surface area contributed by atoms with Crippen molar-refractivity contribution in [2.45, 2.75) is 29.4 Å². The molecule has 32 heavy (non-hydrogen) atoms. The molecule has 1 aliphatic heterocycles. The van der Waals surface area contributed by atoms with Crippen molar-refractivity contribution in [2.75, 3.05) is 0 Å². The SMILES string of the molecule is C=CC1c2cc(-c3cccc(-n4c5ccccc5c5ccccc54)c3)ccc2SC1CC. The molecule has 0 bridgehead atoms. The van der Waals surface area contributed by atoms with Gasteiger partial charge >= 0.3 is 0 Å². The van der Waals surface area contributed by atoms with Crippen LogP contribution in [0.1, 0.15) is 24.8 Å². The molecule has 0 radical (unpaired) electrons. The second-order valence-corrected chi connectivity index (χ2v) is 9.78. The molecule has 0 saturated carbocycles. The number of rotatable bonds is 4. The Kier molecular flexibility index (Phi) is 4.69. The van der Waals surface area contributed by atoms with Gasteiger partial charge in [-0.15, -0.1) is 18.3 Å². The van der Waals surface area contributed by atoms with Crippen LogP contribution in [-0.4, -0.2) is 9.82 Å². The first-order valence-corrected chi connectivity index (χ1v) is 12.2. The Bertz CT molecular complexity index is 1420. The third-order valence-corrected chi connectivity index (χ3v) is 8.28. The fourth-order valence-electron chi connectivity index (χ4n) is 5.17. The molecule has 1 nitrogen and oxygen atoms in total. The van der Waals surface area contributed by atoms with E-state index in [1.54, 1.807) is 0 Å². The fraction of sp³-hybridized carbons (Fsp3) is 0.133. The van der Waals surface area contributed by atoms with Crippen molar-refractivity contribution in [1.82, 2.24) is 4.57 Å². The van der Waals surface area contributed by atoms with Gasteiger partial charge in [0.1, 0.15) is 0 Å². The Morgan fingerprint density at radius 3 is 2.19 bits per heavy atom. The minimum Gasteiger partial charge on any atom is -0.309 e. The number of aromatic nitrogens is 1. The van der Waals surface area contributed by atoms with Crippen LogP contribution in [0.5, 0.6) is 0 Å². The van der Waals surface area contributed by atoms with Crippen LogP contribution < -0.4 is 0 Å². The topological polar surface area (TPSA) is 4.93 Å². The van der Waals surface area contributed by atoms with E-state index < -0.39 is 0 Å². The Morgan fingerprint density at radius 2 is 1.50 bits per heavy atom. The van der Waals surface area contributed by atoms with Crippen molar-refractivity contribution in [2.24, 2.45) is 0 Å². The molecule has 0 spiro atoms. The van der Waals surface area contributed by atoms with Crippen molar-refractivity contribution in [3.8, 4) is 16.8 Å². The predicted molar refractivity (Wildman–Crippen MR) is 139 cm³/mol. The molecule has 1 aliphatic rings. The molecular formula is C30H25NS. The summed E-state index contributed by atoms with van der Waals surface area (Å²) in [6.45, 7) is 6.41. The average Bonchev–Trinajstić information content (AvgIpc) is 3.38. The summed E-state index contributed by atoms with van der Waals surface area (Å²) in [7, 11) is 0. The zero-order chi connectivity index (χ0) is 21.7. The van der Waals surface area contributed by atoms with E-state index in [9.17, 15) is 0 Å². The van der Waals surface area contributed by atoms with Crippen LogP contribution in [0, 0.1) is 0 Å². The second-order valence-electron chi connectivity index (χ2n) is 8.50. The van der Waals surface area contributed by atoms with Crippen molar-refractivity contribution >= 4 is 33.6 Å². The molecule has 4 aromatic carbocycles. The van der Waals surface area contributed by atoms with Crippen molar-refractivity contribution in [1.29, 1.82) is 0 Å². The molecule has 2 unspecified atom stereocenters. The standard InChI is InChI=1S/C30H25NS/c1-3-23-26-19-21(16-17-30(26)32-29(23)4-2)20-10-9-11-22(18-20)31-27-14-7-5-12-24(27)25-13-6-8-15-28(25)31/h3,5-19,23,29H,1,4H2,2H3. The third kappa shape index (κ3) is 2.94. The summed E-state index contributed by atoms with van der Waals surface area (Å²) < 4.78 is 2.39. The quantitative estimate of drug-likeness (QED) is 0.258. The first-order chi connectivity index (χ1) is 15.8. The maximum atomic E-state index is 4.13. The number of hydrogen-bond donors (Lipinski definition) is 0. The first kappa shape index (κ1) is 19.5. The Morgan fingerprint density at radius 1 is 0.812 bits per heavy atom. The Balaban J connectivity index is 1.51. The molecule has 0 saturated heterocycles. The molecule has 0 N–H and O–H groups in total. The van der Waals surface area contributed by atoms with E-state index in [0.717, 1.165) is 6.42 Å². The van der Waals surface area contributed by atoms with Crippen LogP contribution >= 0.6 is 11.8 Å². The number of hydrogen-bond acceptors (Lipinski definition) is 1. The monoisotopic (exact) mass is 431 g/mol. The summed E-state index contributed by atoms with van der Waals surface area (Å²) in [5, 5.41) is 3.19. The van der Waals surface area contributed by atoms with Gasteiger partial charge in [0.25, 0.3) is 0 Å². The molecule has 5 aromatic rings. The largest absolute Gasteiger partial charge is 0.309 e. The number of fused-ring (bicyclic) bond motifs is 4. The summed E-state index contributed by atoms with van der Waals surface area (Å²) in [6.07, 6.45) is 3.29. The number of nitrogens with zero attached hydrogens (tertiary/aromatic N) is 1. The van der Waals surface area contributed by atoms with Crippen LogP contribution in [0.15, 0.2) is 109 Å². The van der Waals surface area contributed by atoms with Gasteiger partial charge in [-0.25, -0.2) is 0 Å². The molecule has 0 fully saturated rings. The highest BCUT2D eigenvalue weighted by molar-refractivity contribution is 8.00. The molecule has 156 valence electrons. The summed E-state index contributed by atoms with van der Waals surface area (Å²) in [5.41, 5.74) is 7.64. The van der Waals surface area contributed by atoms with E-state index in [2.05, 4.69) is 115 Å². The minimum absolute atomic E-state index is 0.431. The highest BCUT2D eigenvalue weighted by atomic mass is 32.2. The zero-order valence-electron chi connectivity index (χ0n) is 18.2. The van der Waals surface area contributed by atoms with Gasteiger partial charge < -0.3 is 4.57 Å². The molecule has 6 rings (SSSR count). The summed E-state index contributed by atoms with van der Waals surface area (Å²) in [6, 6.07) is 33.3. The Hall–Kier alpha value is -3.23. The summed E-state index contributed by atoms with van der Waals surface area (Å²) in [4.78, 5) is 1.41. The van der Waals surface area contributed by atoms with Crippen molar-refractivity contribution in [3.05, 3.63) is 109 Å². The molecule has 2 heterocycles. The van der Waals surface area contributed by atoms with E-state index >= 15 is 0 Å². The lowest BCUT2D eigenvalue weighted by molar-refractivity contribution is 0.751. The lowest BCUT2D eigenvalue weighted by atomic mass is 9.92. The van der Waals surface area contributed by atoms with E-state index in [1.165, 1.54) is 49.1 Å². The van der Waals surface area contributed by atoms with Gasteiger partial charge in [0.15, 0.2) is 0 Å². The molecular weight excluding hydrogens is 406 g/mol. The summed E-state index contributed by atoms with van der Waals surface area (Å²) >= 11 is 2.00. The van der Waals surface area contributed by atoms with Crippen LogP contribution in [0.4, 0.5) is 0 Å². The number of thioether (sulfide) groups is 1. The third-order valence-electron chi connectivity index (χ3n) is 6.72.